The molecule has 0 fully saturated rings. The van der Waals surface area contributed by atoms with Gasteiger partial charge in [0, 0.05) is 0 Å². The van der Waals surface area contributed by atoms with Crippen LogP contribution in [0.25, 0.3) is 10.8 Å². The number of carboxylic acid groups (broad SMARTS) is 1. The highest BCUT2D eigenvalue weighted by Gasteiger charge is 2.17. The van der Waals surface area contributed by atoms with E-state index in [1.165, 1.54) is 80.5 Å². The van der Waals surface area contributed by atoms with Crippen LogP contribution in [-0.4, -0.2) is 11.1 Å². The number of fused-ring (bicyclic) bond motifs is 1. The van der Waals surface area contributed by atoms with E-state index in [2.05, 4.69) is 37.3 Å². The van der Waals surface area contributed by atoms with Gasteiger partial charge in [-0.2, -0.15) is 0 Å². The van der Waals surface area contributed by atoms with Crippen molar-refractivity contribution < 1.29 is 9.90 Å². The van der Waals surface area contributed by atoms with Crippen molar-refractivity contribution in [1.82, 2.24) is 0 Å². The van der Waals surface area contributed by atoms with Crippen molar-refractivity contribution in [3.63, 3.8) is 0 Å². The zero-order valence-electron chi connectivity index (χ0n) is 17.7. The molecule has 2 aromatic carbocycles. The summed E-state index contributed by atoms with van der Waals surface area (Å²) in [6, 6.07) is 14.6. The van der Waals surface area contributed by atoms with E-state index in [1.807, 2.05) is 12.1 Å². The third kappa shape index (κ3) is 8.04. The van der Waals surface area contributed by atoms with Crippen LogP contribution in [0.5, 0.6) is 0 Å². The minimum atomic E-state index is -0.694. The highest BCUT2D eigenvalue weighted by molar-refractivity contribution is 5.86. The fourth-order valence-corrected chi connectivity index (χ4v) is 4.24. The maximum absolute atomic E-state index is 11.4. The number of carbonyl (C=O) groups is 1. The lowest BCUT2D eigenvalue weighted by atomic mass is 9.87. The number of carboxylic acids is 1. The molecule has 2 heteroatoms. The van der Waals surface area contributed by atoms with E-state index < -0.39 is 5.97 Å². The Bertz CT molecular complexity index is 686. The molecule has 2 rings (SSSR count). The van der Waals surface area contributed by atoms with Crippen molar-refractivity contribution in [2.24, 2.45) is 0 Å². The van der Waals surface area contributed by atoms with Crippen LogP contribution in [0, 0.1) is 0 Å². The van der Waals surface area contributed by atoms with Gasteiger partial charge < -0.3 is 5.11 Å². The average molecular weight is 383 g/mol. The van der Waals surface area contributed by atoms with E-state index in [0.717, 1.165) is 12.8 Å². The molecule has 1 N–H and O–H groups in total. The van der Waals surface area contributed by atoms with Crippen molar-refractivity contribution in [3.8, 4) is 0 Å². The third-order valence-corrected chi connectivity index (χ3v) is 5.84. The predicted molar refractivity (Wildman–Crippen MR) is 120 cm³/mol. The van der Waals surface area contributed by atoms with Crippen LogP contribution in [0.1, 0.15) is 102 Å². The van der Waals surface area contributed by atoms with E-state index in [1.54, 1.807) is 0 Å². The Kier molecular flexibility index (Phi) is 10.7. The molecule has 0 aliphatic rings. The van der Waals surface area contributed by atoms with Crippen LogP contribution in [-0.2, 0) is 4.79 Å². The largest absolute Gasteiger partial charge is 0.481 e. The normalized spacial score (nSPS) is 12.3. The molecule has 0 radical (unpaired) electrons. The van der Waals surface area contributed by atoms with Gasteiger partial charge in [0.15, 0.2) is 0 Å². The van der Waals surface area contributed by atoms with Crippen LogP contribution >= 0.6 is 0 Å². The molecule has 0 aliphatic heterocycles. The number of hydrogen-bond donors (Lipinski definition) is 1. The summed E-state index contributed by atoms with van der Waals surface area (Å²) in [6.45, 7) is 2.27. The highest BCUT2D eigenvalue weighted by atomic mass is 16.4. The maximum atomic E-state index is 11.4. The van der Waals surface area contributed by atoms with Crippen molar-refractivity contribution >= 4 is 16.7 Å². The van der Waals surface area contributed by atoms with E-state index in [9.17, 15) is 9.90 Å². The third-order valence-electron chi connectivity index (χ3n) is 5.84. The Morgan fingerprint density at radius 3 is 2.00 bits per heavy atom. The minimum absolute atomic E-state index is 0.113. The number of benzene rings is 2. The first kappa shape index (κ1) is 22.5. The van der Waals surface area contributed by atoms with E-state index in [-0.39, 0.29) is 12.3 Å². The molecular weight excluding hydrogens is 344 g/mol. The van der Waals surface area contributed by atoms with Crippen LogP contribution in [0.15, 0.2) is 42.5 Å². The van der Waals surface area contributed by atoms with Gasteiger partial charge in [-0.1, -0.05) is 120 Å². The van der Waals surface area contributed by atoms with Gasteiger partial charge in [-0.25, -0.2) is 0 Å². The van der Waals surface area contributed by atoms with E-state index >= 15 is 0 Å². The van der Waals surface area contributed by atoms with Gasteiger partial charge in [0.2, 0.25) is 0 Å². The van der Waals surface area contributed by atoms with E-state index in [4.69, 9.17) is 0 Å². The lowest BCUT2D eigenvalue weighted by Crippen LogP contribution is -2.07. The minimum Gasteiger partial charge on any atom is -0.481 e. The summed E-state index contributed by atoms with van der Waals surface area (Å²) in [7, 11) is 0. The molecular formula is C26H38O2. The summed E-state index contributed by atoms with van der Waals surface area (Å²) < 4.78 is 0. The quantitative estimate of drug-likeness (QED) is 0.316. The first-order valence-electron chi connectivity index (χ1n) is 11.4. The summed E-state index contributed by atoms with van der Waals surface area (Å²) in [5.74, 6) is -0.580. The van der Waals surface area contributed by atoms with Crippen molar-refractivity contribution in [1.29, 1.82) is 0 Å². The Hall–Kier alpha value is -1.83. The molecule has 0 aromatic heterocycles. The van der Waals surface area contributed by atoms with Gasteiger partial charge in [0.25, 0.3) is 0 Å². The number of unbranched alkanes of at least 4 members (excludes halogenated alkanes) is 10. The molecule has 0 aliphatic carbocycles. The van der Waals surface area contributed by atoms with Gasteiger partial charge in [-0.15, -0.1) is 0 Å². The number of rotatable bonds is 15. The fourth-order valence-electron chi connectivity index (χ4n) is 4.24. The van der Waals surface area contributed by atoms with Crippen molar-refractivity contribution in [2.45, 2.75) is 96.3 Å². The number of hydrogen-bond acceptors (Lipinski definition) is 1. The summed E-state index contributed by atoms with van der Waals surface area (Å²) in [5, 5.41) is 11.8. The topological polar surface area (TPSA) is 37.3 Å². The van der Waals surface area contributed by atoms with Gasteiger partial charge in [-0.3, -0.25) is 4.79 Å². The number of aliphatic carboxylic acids is 1. The lowest BCUT2D eigenvalue weighted by Gasteiger charge is -2.18. The average Bonchev–Trinajstić information content (AvgIpc) is 2.70. The summed E-state index contributed by atoms with van der Waals surface area (Å²) in [6.07, 6.45) is 15.8. The highest BCUT2D eigenvalue weighted by Crippen LogP contribution is 2.32. The molecule has 0 heterocycles. The molecule has 0 amide bonds. The molecule has 28 heavy (non-hydrogen) atoms. The molecule has 1 unspecified atom stereocenters. The molecule has 0 saturated heterocycles. The second kappa shape index (κ2) is 13.4. The van der Waals surface area contributed by atoms with Gasteiger partial charge in [0.1, 0.15) is 0 Å². The molecule has 154 valence electrons. The fraction of sp³-hybridized carbons (Fsp3) is 0.577. The molecule has 0 saturated carbocycles. The molecule has 2 aromatic rings. The maximum Gasteiger partial charge on any atom is 0.303 e. The summed E-state index contributed by atoms with van der Waals surface area (Å²) in [5.41, 5.74) is 1.20. The zero-order chi connectivity index (χ0) is 20.0. The van der Waals surface area contributed by atoms with Crippen LogP contribution < -0.4 is 0 Å². The first-order chi connectivity index (χ1) is 13.7. The molecule has 0 bridgehead atoms. The van der Waals surface area contributed by atoms with Crippen molar-refractivity contribution in [2.75, 3.05) is 0 Å². The Labute approximate surface area is 171 Å². The van der Waals surface area contributed by atoms with Crippen LogP contribution in [0.4, 0.5) is 0 Å². The van der Waals surface area contributed by atoms with Gasteiger partial charge >= 0.3 is 5.97 Å². The van der Waals surface area contributed by atoms with Gasteiger partial charge in [-0.05, 0) is 28.7 Å². The standard InChI is InChI=1S/C26H38O2/c1-2-3-4-5-6-7-8-9-10-11-12-17-23(21-26(27)28)25-20-15-18-22-16-13-14-19-24(22)25/h13-16,18-20,23H,2-12,17,21H2,1H3,(H,27,28). The van der Waals surface area contributed by atoms with Crippen LogP contribution in [0.2, 0.25) is 0 Å². The van der Waals surface area contributed by atoms with Crippen molar-refractivity contribution in [3.05, 3.63) is 48.0 Å². The molecule has 1 atom stereocenters. The Morgan fingerprint density at radius 2 is 1.36 bits per heavy atom. The predicted octanol–water partition coefficient (Wildman–Crippen LogP) is 8.10. The second-order valence-electron chi connectivity index (χ2n) is 8.19. The SMILES string of the molecule is CCCCCCCCCCCCCC(CC(=O)O)c1cccc2ccccc12. The molecule has 2 nitrogen and oxygen atoms in total. The first-order valence-corrected chi connectivity index (χ1v) is 11.4. The molecule has 0 spiro atoms. The monoisotopic (exact) mass is 382 g/mol. The summed E-state index contributed by atoms with van der Waals surface area (Å²) >= 11 is 0. The Morgan fingerprint density at radius 1 is 0.786 bits per heavy atom. The van der Waals surface area contributed by atoms with Crippen LogP contribution in [0.3, 0.4) is 0 Å². The smallest absolute Gasteiger partial charge is 0.303 e. The summed E-state index contributed by atoms with van der Waals surface area (Å²) in [4.78, 5) is 11.4. The van der Waals surface area contributed by atoms with Gasteiger partial charge in [0.05, 0.1) is 6.42 Å². The Balaban J connectivity index is 1.74. The zero-order valence-corrected chi connectivity index (χ0v) is 17.7. The van der Waals surface area contributed by atoms with E-state index in [0.29, 0.717) is 0 Å². The lowest BCUT2D eigenvalue weighted by molar-refractivity contribution is -0.137. The second-order valence-corrected chi connectivity index (χ2v) is 8.19.